The number of alkyl halides is 1. The summed E-state index contributed by atoms with van der Waals surface area (Å²) in [5, 5.41) is 5.72. The molecule has 1 aromatic rings. The molecular weight excluding hydrogens is 271 g/mol. The zero-order chi connectivity index (χ0) is 15.5. The van der Waals surface area contributed by atoms with Crippen LogP contribution in [0.25, 0.3) is 0 Å². The van der Waals surface area contributed by atoms with Crippen molar-refractivity contribution in [2.24, 2.45) is 0 Å². The number of nitrogens with one attached hydrogen (secondary N) is 2. The van der Waals surface area contributed by atoms with Crippen molar-refractivity contribution < 1.29 is 13.9 Å². The number of rotatable bonds is 2. The van der Waals surface area contributed by atoms with E-state index in [0.29, 0.717) is 12.2 Å². The molecule has 0 bridgehead atoms. The van der Waals surface area contributed by atoms with Crippen LogP contribution in [0, 0.1) is 0 Å². The largest absolute Gasteiger partial charge is 0.444 e. The van der Waals surface area contributed by atoms with Crippen molar-refractivity contribution in [3.63, 3.8) is 0 Å². The molecule has 0 aromatic heterocycles. The average Bonchev–Trinajstić information content (AvgIpc) is 2.38. The number of amides is 1. The van der Waals surface area contributed by atoms with Crippen LogP contribution in [0.4, 0.5) is 14.9 Å². The van der Waals surface area contributed by atoms with Crippen LogP contribution in [-0.2, 0) is 4.74 Å². The highest BCUT2D eigenvalue weighted by Gasteiger charge is 2.25. The number of benzene rings is 1. The monoisotopic (exact) mass is 294 g/mol. The topological polar surface area (TPSA) is 50.4 Å². The summed E-state index contributed by atoms with van der Waals surface area (Å²) < 4.78 is 19.1. The highest BCUT2D eigenvalue weighted by atomic mass is 19.1. The van der Waals surface area contributed by atoms with Gasteiger partial charge in [0.2, 0.25) is 0 Å². The van der Waals surface area contributed by atoms with Gasteiger partial charge < -0.3 is 10.1 Å². The SMILES string of the molecule is CC(C)(C)OC(=O)Nc1ccc(C2CCNCC2F)cc1. The van der Waals surface area contributed by atoms with Gasteiger partial charge in [-0.1, -0.05) is 12.1 Å². The summed E-state index contributed by atoms with van der Waals surface area (Å²) in [5.41, 5.74) is 1.09. The Bertz CT molecular complexity index is 482. The molecule has 0 saturated carbocycles. The molecule has 21 heavy (non-hydrogen) atoms. The van der Waals surface area contributed by atoms with Gasteiger partial charge in [-0.15, -0.1) is 0 Å². The predicted molar refractivity (Wildman–Crippen MR) is 81.4 cm³/mol. The number of carbonyl (C=O) groups is 1. The van der Waals surface area contributed by atoms with Gasteiger partial charge in [0.05, 0.1) is 0 Å². The molecule has 2 unspecified atom stereocenters. The Hall–Kier alpha value is -1.62. The summed E-state index contributed by atoms with van der Waals surface area (Å²) in [6.07, 6.45) is -0.552. The van der Waals surface area contributed by atoms with Crippen molar-refractivity contribution in [3.8, 4) is 0 Å². The van der Waals surface area contributed by atoms with Crippen LogP contribution < -0.4 is 10.6 Å². The van der Waals surface area contributed by atoms with E-state index in [2.05, 4.69) is 10.6 Å². The van der Waals surface area contributed by atoms with E-state index in [0.717, 1.165) is 18.5 Å². The first kappa shape index (κ1) is 15.8. The Morgan fingerprint density at radius 3 is 2.57 bits per heavy atom. The molecule has 0 spiro atoms. The Labute approximate surface area is 125 Å². The number of ether oxygens (including phenoxy) is 1. The number of carbonyl (C=O) groups excluding carboxylic acids is 1. The summed E-state index contributed by atoms with van der Waals surface area (Å²) in [7, 11) is 0. The second kappa shape index (κ2) is 6.43. The molecule has 2 N–H and O–H groups in total. The molecule has 4 nitrogen and oxygen atoms in total. The Balaban J connectivity index is 1.97. The van der Waals surface area contributed by atoms with Gasteiger partial charge >= 0.3 is 6.09 Å². The van der Waals surface area contributed by atoms with Gasteiger partial charge in [0.25, 0.3) is 0 Å². The van der Waals surface area contributed by atoms with Gasteiger partial charge in [0.15, 0.2) is 0 Å². The minimum absolute atomic E-state index is 0.0678. The van der Waals surface area contributed by atoms with Crippen molar-refractivity contribution in [2.45, 2.75) is 44.9 Å². The van der Waals surface area contributed by atoms with E-state index in [-0.39, 0.29) is 5.92 Å². The van der Waals surface area contributed by atoms with E-state index in [4.69, 9.17) is 4.74 Å². The lowest BCUT2D eigenvalue weighted by atomic mass is 9.89. The maximum absolute atomic E-state index is 13.9. The normalized spacial score (nSPS) is 22.7. The maximum Gasteiger partial charge on any atom is 0.412 e. The summed E-state index contributed by atoms with van der Waals surface area (Å²) in [6, 6.07) is 7.31. The van der Waals surface area contributed by atoms with Gasteiger partial charge in [-0.05, 0) is 51.4 Å². The molecule has 0 radical (unpaired) electrons. The molecule has 116 valence electrons. The predicted octanol–water partition coefficient (Wildman–Crippen LogP) is 3.45. The molecule has 2 rings (SSSR count). The molecule has 1 aliphatic rings. The minimum atomic E-state index is -0.858. The molecule has 5 heteroatoms. The Morgan fingerprint density at radius 2 is 2.00 bits per heavy atom. The second-order valence-corrected chi connectivity index (χ2v) is 6.36. The summed E-state index contributed by atoms with van der Waals surface area (Å²) in [5.74, 6) is -0.0678. The first-order valence-corrected chi connectivity index (χ1v) is 7.30. The fraction of sp³-hybridized carbons (Fsp3) is 0.562. The number of anilines is 1. The molecule has 1 saturated heterocycles. The third kappa shape index (κ3) is 4.70. The lowest BCUT2D eigenvalue weighted by Gasteiger charge is -2.27. The van der Waals surface area contributed by atoms with E-state index < -0.39 is 17.9 Å². The summed E-state index contributed by atoms with van der Waals surface area (Å²) in [4.78, 5) is 11.7. The first-order chi connectivity index (χ1) is 9.85. The van der Waals surface area contributed by atoms with Crippen LogP contribution in [0.5, 0.6) is 0 Å². The third-order valence-corrected chi connectivity index (χ3v) is 3.39. The molecule has 1 aliphatic heterocycles. The van der Waals surface area contributed by atoms with Crippen molar-refractivity contribution in [3.05, 3.63) is 29.8 Å². The van der Waals surface area contributed by atoms with Crippen LogP contribution in [0.15, 0.2) is 24.3 Å². The third-order valence-electron chi connectivity index (χ3n) is 3.39. The highest BCUT2D eigenvalue weighted by Crippen LogP contribution is 2.28. The number of halogens is 1. The summed E-state index contributed by atoms with van der Waals surface area (Å²) in [6.45, 7) is 6.68. The second-order valence-electron chi connectivity index (χ2n) is 6.36. The maximum atomic E-state index is 13.9. The minimum Gasteiger partial charge on any atom is -0.444 e. The molecule has 1 aromatic carbocycles. The molecule has 0 aliphatic carbocycles. The van der Waals surface area contributed by atoms with Crippen molar-refractivity contribution >= 4 is 11.8 Å². The zero-order valence-corrected chi connectivity index (χ0v) is 12.8. The molecule has 2 atom stereocenters. The average molecular weight is 294 g/mol. The van der Waals surface area contributed by atoms with Crippen LogP contribution >= 0.6 is 0 Å². The van der Waals surface area contributed by atoms with E-state index in [9.17, 15) is 9.18 Å². The van der Waals surface area contributed by atoms with Crippen LogP contribution in [0.2, 0.25) is 0 Å². The fourth-order valence-electron chi connectivity index (χ4n) is 2.43. The van der Waals surface area contributed by atoms with Crippen molar-refractivity contribution in [2.75, 3.05) is 18.4 Å². The zero-order valence-electron chi connectivity index (χ0n) is 12.8. The quantitative estimate of drug-likeness (QED) is 0.878. The number of hydrogen-bond donors (Lipinski definition) is 2. The van der Waals surface area contributed by atoms with E-state index in [1.165, 1.54) is 0 Å². The van der Waals surface area contributed by atoms with Crippen LogP contribution in [0.3, 0.4) is 0 Å². The van der Waals surface area contributed by atoms with Crippen molar-refractivity contribution in [1.82, 2.24) is 5.32 Å². The molecular formula is C16H23FN2O2. The van der Waals surface area contributed by atoms with E-state index in [1.807, 2.05) is 32.9 Å². The van der Waals surface area contributed by atoms with Crippen molar-refractivity contribution in [1.29, 1.82) is 0 Å². The van der Waals surface area contributed by atoms with Crippen LogP contribution in [0.1, 0.15) is 38.7 Å². The number of hydrogen-bond acceptors (Lipinski definition) is 3. The lowest BCUT2D eigenvalue weighted by Crippen LogP contribution is -2.36. The van der Waals surface area contributed by atoms with Gasteiger partial charge in [-0.25, -0.2) is 9.18 Å². The Morgan fingerprint density at radius 1 is 1.33 bits per heavy atom. The standard InChI is InChI=1S/C16H23FN2O2/c1-16(2,3)21-15(20)19-12-6-4-11(5-7-12)13-8-9-18-10-14(13)17/h4-7,13-14,18H,8-10H2,1-3H3,(H,19,20). The molecule has 1 heterocycles. The fourth-order valence-corrected chi connectivity index (χ4v) is 2.43. The summed E-state index contributed by atoms with van der Waals surface area (Å²) >= 11 is 0. The number of piperidine rings is 1. The lowest BCUT2D eigenvalue weighted by molar-refractivity contribution is 0.0636. The van der Waals surface area contributed by atoms with E-state index in [1.54, 1.807) is 12.1 Å². The molecule has 1 amide bonds. The Kier molecular flexibility index (Phi) is 4.83. The van der Waals surface area contributed by atoms with Gasteiger partial charge in [0, 0.05) is 18.2 Å². The molecule has 1 fully saturated rings. The highest BCUT2D eigenvalue weighted by molar-refractivity contribution is 5.84. The van der Waals surface area contributed by atoms with Gasteiger partial charge in [-0.3, -0.25) is 5.32 Å². The first-order valence-electron chi connectivity index (χ1n) is 7.30. The van der Waals surface area contributed by atoms with Gasteiger partial charge in [0.1, 0.15) is 11.8 Å². The van der Waals surface area contributed by atoms with Gasteiger partial charge in [-0.2, -0.15) is 0 Å². The smallest absolute Gasteiger partial charge is 0.412 e. The van der Waals surface area contributed by atoms with Crippen LogP contribution in [-0.4, -0.2) is 31.0 Å². The van der Waals surface area contributed by atoms with E-state index >= 15 is 0 Å².